The summed E-state index contributed by atoms with van der Waals surface area (Å²) in [5.74, 6) is 0.732. The molecule has 8 nitrogen and oxygen atoms in total. The van der Waals surface area contributed by atoms with Crippen LogP contribution in [0.3, 0.4) is 0 Å². The molecule has 0 spiro atoms. The molecular weight excluding hydrogens is 310 g/mol. The first-order chi connectivity index (χ1) is 11.6. The number of nitrogens with zero attached hydrogens (tertiary/aromatic N) is 4. The molecule has 3 rings (SSSR count). The first kappa shape index (κ1) is 16.2. The highest BCUT2D eigenvalue weighted by Gasteiger charge is 2.24. The third kappa shape index (κ3) is 3.32. The second-order valence-electron chi connectivity index (χ2n) is 5.96. The minimum atomic E-state index is -0.200. The normalized spacial score (nSPS) is 17.2. The third-order valence-electron chi connectivity index (χ3n) is 4.33. The van der Waals surface area contributed by atoms with Gasteiger partial charge in [0.2, 0.25) is 0 Å². The predicted octanol–water partition coefficient (Wildman–Crippen LogP) is 0.587. The van der Waals surface area contributed by atoms with Crippen molar-refractivity contribution in [3.8, 4) is 0 Å². The van der Waals surface area contributed by atoms with Crippen molar-refractivity contribution in [2.24, 2.45) is 13.0 Å². The number of nitrogens with one attached hydrogen (secondary N) is 1. The van der Waals surface area contributed by atoms with E-state index in [4.69, 9.17) is 4.42 Å². The molecule has 1 saturated heterocycles. The van der Waals surface area contributed by atoms with Gasteiger partial charge in [-0.15, -0.1) is 0 Å². The lowest BCUT2D eigenvalue weighted by Crippen LogP contribution is -2.32. The zero-order chi connectivity index (χ0) is 17.1. The molecule has 1 amide bonds. The lowest BCUT2D eigenvalue weighted by molar-refractivity contribution is 0.0942. The van der Waals surface area contributed by atoms with E-state index < -0.39 is 0 Å². The number of hydrogen-bond donors (Lipinski definition) is 1. The van der Waals surface area contributed by atoms with E-state index in [0.717, 1.165) is 25.2 Å². The van der Waals surface area contributed by atoms with Gasteiger partial charge in [0.15, 0.2) is 12.1 Å². The summed E-state index contributed by atoms with van der Waals surface area (Å²) >= 11 is 0. The summed E-state index contributed by atoms with van der Waals surface area (Å²) in [6, 6.07) is 1.59. The van der Waals surface area contributed by atoms with Gasteiger partial charge < -0.3 is 14.6 Å². The van der Waals surface area contributed by atoms with Gasteiger partial charge in [0, 0.05) is 39.2 Å². The minimum absolute atomic E-state index is 0.123. The second-order valence-corrected chi connectivity index (χ2v) is 5.96. The number of carbonyl (C=O) groups excluding carboxylic acids is 1. The maximum Gasteiger partial charge on any atom is 0.273 e. The molecule has 8 heteroatoms. The third-order valence-corrected chi connectivity index (χ3v) is 4.33. The van der Waals surface area contributed by atoms with E-state index in [1.54, 1.807) is 19.3 Å². The monoisotopic (exact) mass is 331 g/mol. The van der Waals surface area contributed by atoms with Crippen molar-refractivity contribution in [3.63, 3.8) is 0 Å². The van der Waals surface area contributed by atoms with Gasteiger partial charge in [0.25, 0.3) is 11.5 Å². The van der Waals surface area contributed by atoms with E-state index in [0.29, 0.717) is 30.3 Å². The van der Waals surface area contributed by atoms with Gasteiger partial charge in [0.05, 0.1) is 11.9 Å². The fraction of sp³-hybridized carbons (Fsp3) is 0.500. The van der Waals surface area contributed by atoms with E-state index in [-0.39, 0.29) is 11.5 Å². The number of rotatable bonds is 5. The van der Waals surface area contributed by atoms with Gasteiger partial charge in [-0.1, -0.05) is 6.92 Å². The molecule has 0 radical (unpaired) electrons. The van der Waals surface area contributed by atoms with Gasteiger partial charge in [-0.25, -0.2) is 9.67 Å². The van der Waals surface area contributed by atoms with Crippen LogP contribution < -0.4 is 15.8 Å². The number of amides is 1. The molecular formula is C16H21N5O3. The summed E-state index contributed by atoms with van der Waals surface area (Å²) in [5, 5.41) is 6.97. The Kier molecular flexibility index (Phi) is 4.64. The van der Waals surface area contributed by atoms with Crippen molar-refractivity contribution in [3.05, 3.63) is 40.5 Å². The van der Waals surface area contributed by atoms with E-state index in [2.05, 4.69) is 20.3 Å². The Labute approximate surface area is 139 Å². The fourth-order valence-electron chi connectivity index (χ4n) is 2.89. The minimum Gasteiger partial charge on any atom is -0.448 e. The Bertz CT molecular complexity index is 782. The van der Waals surface area contributed by atoms with Crippen molar-refractivity contribution in [2.45, 2.75) is 19.8 Å². The Morgan fingerprint density at radius 1 is 1.50 bits per heavy atom. The van der Waals surface area contributed by atoms with Gasteiger partial charge in [-0.2, -0.15) is 5.10 Å². The molecule has 1 aliphatic heterocycles. The van der Waals surface area contributed by atoms with Crippen LogP contribution >= 0.6 is 0 Å². The van der Waals surface area contributed by atoms with E-state index >= 15 is 0 Å². The first-order valence-corrected chi connectivity index (χ1v) is 8.07. The molecule has 0 aromatic carbocycles. The molecule has 1 atom stereocenters. The summed E-state index contributed by atoms with van der Waals surface area (Å²) in [4.78, 5) is 30.0. The summed E-state index contributed by atoms with van der Waals surface area (Å²) in [6.07, 6.45) is 4.59. The van der Waals surface area contributed by atoms with Gasteiger partial charge >= 0.3 is 0 Å². The molecule has 2 aromatic rings. The van der Waals surface area contributed by atoms with Gasteiger partial charge in [-0.05, 0) is 12.3 Å². The molecule has 3 heterocycles. The second kappa shape index (κ2) is 6.86. The molecule has 0 bridgehead atoms. The predicted molar refractivity (Wildman–Crippen MR) is 88.0 cm³/mol. The van der Waals surface area contributed by atoms with Crippen LogP contribution in [-0.4, -0.2) is 40.3 Å². The molecule has 1 aliphatic rings. The van der Waals surface area contributed by atoms with Crippen LogP contribution in [-0.2, 0) is 13.5 Å². The fourth-order valence-corrected chi connectivity index (χ4v) is 2.89. The molecule has 1 fully saturated rings. The molecule has 0 saturated carbocycles. The summed E-state index contributed by atoms with van der Waals surface area (Å²) in [6.45, 7) is 4.13. The molecule has 1 unspecified atom stereocenters. The average molecular weight is 331 g/mol. The van der Waals surface area contributed by atoms with Crippen LogP contribution in [0.5, 0.6) is 0 Å². The Morgan fingerprint density at radius 2 is 2.33 bits per heavy atom. The number of aryl methyl sites for hydroxylation is 2. The van der Waals surface area contributed by atoms with E-state index in [1.807, 2.05) is 6.92 Å². The number of anilines is 1. The Hall–Kier alpha value is -2.64. The summed E-state index contributed by atoms with van der Waals surface area (Å²) < 4.78 is 6.49. The van der Waals surface area contributed by atoms with Crippen LogP contribution in [0.4, 0.5) is 5.69 Å². The largest absolute Gasteiger partial charge is 0.448 e. The molecule has 1 N–H and O–H groups in total. The van der Waals surface area contributed by atoms with Crippen LogP contribution in [0.15, 0.2) is 27.9 Å². The quantitative estimate of drug-likeness (QED) is 0.862. The molecule has 24 heavy (non-hydrogen) atoms. The van der Waals surface area contributed by atoms with Crippen LogP contribution in [0, 0.1) is 5.92 Å². The summed E-state index contributed by atoms with van der Waals surface area (Å²) in [7, 11) is 1.63. The zero-order valence-electron chi connectivity index (χ0n) is 13.9. The number of carbonyl (C=O) groups is 1. The standard InChI is InChI=1S/C16H21N5O3/c1-3-13-15(18-10-24-13)16(23)17-7-11-4-5-21(9-11)12-6-14(22)20(2)19-8-12/h6,8,10-11H,3-5,7,9H2,1-2H3,(H,17,23). The van der Waals surface area contributed by atoms with Gasteiger partial charge in [-0.3, -0.25) is 9.59 Å². The number of hydrogen-bond acceptors (Lipinski definition) is 6. The van der Waals surface area contributed by atoms with Crippen molar-refractivity contribution in [1.82, 2.24) is 20.1 Å². The SMILES string of the molecule is CCc1ocnc1C(=O)NCC1CCN(c2cnn(C)c(=O)c2)C1. The van der Waals surface area contributed by atoms with Crippen LogP contribution in [0.1, 0.15) is 29.6 Å². The molecule has 128 valence electrons. The van der Waals surface area contributed by atoms with Gasteiger partial charge in [0.1, 0.15) is 5.76 Å². The van der Waals surface area contributed by atoms with Crippen molar-refractivity contribution < 1.29 is 9.21 Å². The Balaban J connectivity index is 1.55. The highest BCUT2D eigenvalue weighted by atomic mass is 16.3. The first-order valence-electron chi connectivity index (χ1n) is 8.07. The highest BCUT2D eigenvalue weighted by molar-refractivity contribution is 5.93. The average Bonchev–Trinajstić information content (AvgIpc) is 3.24. The van der Waals surface area contributed by atoms with Crippen LogP contribution in [0.2, 0.25) is 0 Å². The number of aromatic nitrogens is 3. The van der Waals surface area contributed by atoms with E-state index in [9.17, 15) is 9.59 Å². The smallest absolute Gasteiger partial charge is 0.273 e. The van der Waals surface area contributed by atoms with Crippen LogP contribution in [0.25, 0.3) is 0 Å². The zero-order valence-corrected chi connectivity index (χ0v) is 13.9. The number of oxazole rings is 1. The Morgan fingerprint density at radius 3 is 3.08 bits per heavy atom. The lowest BCUT2D eigenvalue weighted by atomic mass is 10.1. The topological polar surface area (TPSA) is 93.3 Å². The highest BCUT2D eigenvalue weighted by Crippen LogP contribution is 2.21. The molecule has 0 aliphatic carbocycles. The molecule has 2 aromatic heterocycles. The van der Waals surface area contributed by atoms with Crippen molar-refractivity contribution in [2.75, 3.05) is 24.5 Å². The van der Waals surface area contributed by atoms with Crippen molar-refractivity contribution in [1.29, 1.82) is 0 Å². The van der Waals surface area contributed by atoms with Crippen molar-refractivity contribution >= 4 is 11.6 Å². The maximum atomic E-state index is 12.2. The van der Waals surface area contributed by atoms with E-state index in [1.165, 1.54) is 11.1 Å². The summed E-state index contributed by atoms with van der Waals surface area (Å²) in [5.41, 5.74) is 1.07. The maximum absolute atomic E-state index is 12.2. The lowest BCUT2D eigenvalue weighted by Gasteiger charge is -2.18.